The van der Waals surface area contributed by atoms with Crippen molar-refractivity contribution < 1.29 is 14.0 Å². The molecule has 0 bridgehead atoms. The third-order valence-corrected chi connectivity index (χ3v) is 3.64. The van der Waals surface area contributed by atoms with Crippen molar-refractivity contribution in [1.29, 1.82) is 0 Å². The van der Waals surface area contributed by atoms with Crippen LogP contribution in [0.1, 0.15) is 11.5 Å². The van der Waals surface area contributed by atoms with E-state index < -0.39 is 0 Å². The second kappa shape index (κ2) is 7.19. The maximum Gasteiger partial charge on any atom is 0.269 e. The number of ether oxygens (including phenoxy) is 2. The van der Waals surface area contributed by atoms with Crippen molar-refractivity contribution in [3.63, 3.8) is 0 Å². The van der Waals surface area contributed by atoms with Crippen LogP contribution in [0.2, 0.25) is 0 Å². The summed E-state index contributed by atoms with van der Waals surface area (Å²) in [5, 5.41) is 4.33. The fourth-order valence-electron chi connectivity index (χ4n) is 2.11. The predicted octanol–water partition coefficient (Wildman–Crippen LogP) is 4.49. The first-order chi connectivity index (χ1) is 11.7. The Hall–Kier alpha value is -2.79. The van der Waals surface area contributed by atoms with E-state index in [1.807, 2.05) is 48.5 Å². The molecule has 0 spiro atoms. The van der Waals surface area contributed by atoms with Gasteiger partial charge in [0.1, 0.15) is 16.5 Å². The number of benzene rings is 2. The molecule has 0 unspecified atom stereocenters. The highest BCUT2D eigenvalue weighted by Crippen LogP contribution is 2.26. The van der Waals surface area contributed by atoms with Crippen LogP contribution in [-0.4, -0.2) is 24.4 Å². The van der Waals surface area contributed by atoms with Gasteiger partial charge in [0.2, 0.25) is 5.82 Å². The second-order valence-electron chi connectivity index (χ2n) is 4.92. The summed E-state index contributed by atoms with van der Waals surface area (Å²) >= 11 is 6.28. The topological polar surface area (TPSA) is 57.4 Å². The smallest absolute Gasteiger partial charge is 0.269 e. The minimum atomic E-state index is 0.255. The van der Waals surface area contributed by atoms with Crippen LogP contribution >= 0.6 is 11.6 Å². The molecule has 122 valence electrons. The normalized spacial score (nSPS) is 11.4. The Morgan fingerprint density at radius 2 is 1.79 bits per heavy atom. The first kappa shape index (κ1) is 16.1. The monoisotopic (exact) mass is 342 g/mol. The highest BCUT2D eigenvalue weighted by atomic mass is 35.5. The van der Waals surface area contributed by atoms with Crippen LogP contribution in [0.3, 0.4) is 0 Å². The van der Waals surface area contributed by atoms with E-state index in [0.29, 0.717) is 10.9 Å². The van der Waals surface area contributed by atoms with Crippen molar-refractivity contribution in [2.24, 2.45) is 0 Å². The molecule has 5 nitrogen and oxygen atoms in total. The Bertz CT molecular complexity index is 857. The minimum Gasteiger partial charge on any atom is -0.497 e. The molecule has 2 aromatic carbocycles. The predicted molar refractivity (Wildman–Crippen MR) is 93.0 cm³/mol. The molecule has 0 aliphatic carbocycles. The molecule has 0 aliphatic rings. The maximum atomic E-state index is 6.28. The lowest BCUT2D eigenvalue weighted by atomic mass is 10.2. The third-order valence-electron chi connectivity index (χ3n) is 3.37. The van der Waals surface area contributed by atoms with Gasteiger partial charge in [-0.15, -0.1) is 0 Å². The quantitative estimate of drug-likeness (QED) is 0.683. The average Bonchev–Trinajstić information content (AvgIpc) is 3.13. The van der Waals surface area contributed by atoms with Crippen LogP contribution in [0.15, 0.2) is 53.1 Å². The summed E-state index contributed by atoms with van der Waals surface area (Å²) in [5.74, 6) is 2.20. The first-order valence-electron chi connectivity index (χ1n) is 7.19. The lowest BCUT2D eigenvalue weighted by molar-refractivity contribution is 0.409. The summed E-state index contributed by atoms with van der Waals surface area (Å²) in [6.45, 7) is 0. The van der Waals surface area contributed by atoms with E-state index in [-0.39, 0.29) is 5.89 Å². The Labute approximate surface area is 144 Å². The molecule has 0 fully saturated rings. The summed E-state index contributed by atoms with van der Waals surface area (Å²) in [4.78, 5) is 4.33. The molecule has 1 heterocycles. The van der Waals surface area contributed by atoms with Crippen molar-refractivity contribution in [2.75, 3.05) is 14.2 Å². The lowest BCUT2D eigenvalue weighted by Gasteiger charge is -2.00. The number of hydrogen-bond donors (Lipinski definition) is 0. The molecule has 6 heteroatoms. The summed E-state index contributed by atoms with van der Waals surface area (Å²) in [6.07, 6.45) is 1.75. The fourth-order valence-corrected chi connectivity index (χ4v) is 2.31. The molecule has 0 atom stereocenters. The zero-order valence-electron chi connectivity index (χ0n) is 13.2. The summed E-state index contributed by atoms with van der Waals surface area (Å²) < 4.78 is 15.6. The molecule has 3 aromatic rings. The number of halogens is 1. The number of aromatic nitrogens is 2. The van der Waals surface area contributed by atoms with E-state index >= 15 is 0 Å². The van der Waals surface area contributed by atoms with Gasteiger partial charge < -0.3 is 14.0 Å². The third kappa shape index (κ3) is 3.58. The van der Waals surface area contributed by atoms with E-state index in [4.69, 9.17) is 25.6 Å². The van der Waals surface area contributed by atoms with Crippen LogP contribution in [0, 0.1) is 0 Å². The van der Waals surface area contributed by atoms with Gasteiger partial charge >= 0.3 is 0 Å². The molecule has 0 saturated carbocycles. The largest absolute Gasteiger partial charge is 0.497 e. The molecule has 1 aromatic heterocycles. The van der Waals surface area contributed by atoms with Gasteiger partial charge in [-0.3, -0.25) is 0 Å². The lowest BCUT2D eigenvalue weighted by Crippen LogP contribution is -1.85. The van der Waals surface area contributed by atoms with Gasteiger partial charge in [-0.25, -0.2) is 0 Å². The van der Waals surface area contributed by atoms with Gasteiger partial charge in [-0.1, -0.05) is 41.0 Å². The van der Waals surface area contributed by atoms with Gasteiger partial charge in [0.05, 0.1) is 14.2 Å². The Morgan fingerprint density at radius 3 is 2.50 bits per heavy atom. The first-order valence-corrected chi connectivity index (χ1v) is 7.57. The molecular formula is C18H15ClN2O3. The summed E-state index contributed by atoms with van der Waals surface area (Å²) in [5.41, 5.74) is 1.69. The van der Waals surface area contributed by atoms with E-state index in [0.717, 1.165) is 22.6 Å². The molecular weight excluding hydrogens is 328 g/mol. The highest BCUT2D eigenvalue weighted by molar-refractivity contribution is 6.50. The van der Waals surface area contributed by atoms with E-state index in [2.05, 4.69) is 10.1 Å². The van der Waals surface area contributed by atoms with E-state index in [9.17, 15) is 0 Å². The molecule has 3 rings (SSSR count). The highest BCUT2D eigenvalue weighted by Gasteiger charge is 2.12. The SMILES string of the molecule is COc1ccc(/C=C(\Cl)c2nc(-c3cccc(OC)c3)no2)cc1. The summed E-state index contributed by atoms with van der Waals surface area (Å²) in [7, 11) is 3.23. The minimum absolute atomic E-state index is 0.255. The zero-order valence-corrected chi connectivity index (χ0v) is 13.9. The molecule has 0 aliphatic heterocycles. The van der Waals surface area contributed by atoms with Crippen molar-refractivity contribution >= 4 is 22.7 Å². The van der Waals surface area contributed by atoms with E-state index in [1.54, 1.807) is 20.3 Å². The van der Waals surface area contributed by atoms with E-state index in [1.165, 1.54) is 0 Å². The maximum absolute atomic E-state index is 6.28. The standard InChI is InChI=1S/C18H15ClN2O3/c1-22-14-8-6-12(7-9-14)10-16(19)18-20-17(21-24-18)13-4-3-5-15(11-13)23-2/h3-11H,1-2H3/b16-10-. The zero-order chi connectivity index (χ0) is 16.9. The van der Waals surface area contributed by atoms with Crippen molar-refractivity contribution in [2.45, 2.75) is 0 Å². The number of hydrogen-bond acceptors (Lipinski definition) is 5. The van der Waals surface area contributed by atoms with Crippen molar-refractivity contribution in [3.8, 4) is 22.9 Å². The Kier molecular flexibility index (Phi) is 4.82. The van der Waals surface area contributed by atoms with Gasteiger partial charge in [0.25, 0.3) is 5.89 Å². The van der Waals surface area contributed by atoms with Crippen LogP contribution in [0.4, 0.5) is 0 Å². The summed E-state index contributed by atoms with van der Waals surface area (Å²) in [6, 6.07) is 14.9. The second-order valence-corrected chi connectivity index (χ2v) is 5.33. The number of nitrogens with zero attached hydrogens (tertiary/aromatic N) is 2. The van der Waals surface area contributed by atoms with Gasteiger partial charge in [-0.2, -0.15) is 4.98 Å². The average molecular weight is 343 g/mol. The van der Waals surface area contributed by atoms with Crippen LogP contribution < -0.4 is 9.47 Å². The van der Waals surface area contributed by atoms with Crippen molar-refractivity contribution in [3.05, 3.63) is 60.0 Å². The van der Waals surface area contributed by atoms with Gasteiger partial charge in [0, 0.05) is 5.56 Å². The van der Waals surface area contributed by atoms with Crippen LogP contribution in [0.25, 0.3) is 22.5 Å². The van der Waals surface area contributed by atoms with Crippen LogP contribution in [0.5, 0.6) is 11.5 Å². The number of rotatable bonds is 5. The van der Waals surface area contributed by atoms with Gasteiger partial charge in [-0.05, 0) is 35.9 Å². The van der Waals surface area contributed by atoms with Crippen molar-refractivity contribution in [1.82, 2.24) is 10.1 Å². The molecule has 0 N–H and O–H groups in total. The van der Waals surface area contributed by atoms with Gasteiger partial charge in [0.15, 0.2) is 0 Å². The molecule has 0 saturated heterocycles. The number of methoxy groups -OCH3 is 2. The van der Waals surface area contributed by atoms with Crippen LogP contribution in [-0.2, 0) is 0 Å². The fraction of sp³-hybridized carbons (Fsp3) is 0.111. The molecule has 0 radical (unpaired) electrons. The molecule has 0 amide bonds. The Balaban J connectivity index is 1.84. The molecule has 24 heavy (non-hydrogen) atoms. The Morgan fingerprint density at radius 1 is 1.04 bits per heavy atom.